The molecule has 1 aliphatic rings. The highest BCUT2D eigenvalue weighted by Crippen LogP contribution is 2.41. The van der Waals surface area contributed by atoms with E-state index < -0.39 is 0 Å². The first kappa shape index (κ1) is 11.5. The molecule has 0 amide bonds. The van der Waals surface area contributed by atoms with Gasteiger partial charge in [-0.05, 0) is 30.4 Å². The largest absolute Gasteiger partial charge is 0.388 e. The standard InChI is InChI=1S/C16H20N2/c1-10(2)12-5-4-6-13-15(17-3)9-14(11-7-8-11)18-16(12)13/h4-6,9-11H,7-8H2,1-3H3,(H,17,18). The van der Waals surface area contributed by atoms with Crippen LogP contribution in [0, 0.1) is 0 Å². The van der Waals surface area contributed by atoms with Gasteiger partial charge in [0.15, 0.2) is 0 Å². The first-order chi connectivity index (χ1) is 8.70. The molecule has 1 saturated carbocycles. The Morgan fingerprint density at radius 3 is 2.67 bits per heavy atom. The van der Waals surface area contributed by atoms with E-state index in [1.165, 1.54) is 40.7 Å². The summed E-state index contributed by atoms with van der Waals surface area (Å²) in [5, 5.41) is 4.56. The summed E-state index contributed by atoms with van der Waals surface area (Å²) < 4.78 is 0. The summed E-state index contributed by atoms with van der Waals surface area (Å²) in [4.78, 5) is 4.93. The van der Waals surface area contributed by atoms with E-state index in [4.69, 9.17) is 4.98 Å². The lowest BCUT2D eigenvalue weighted by Crippen LogP contribution is -1.99. The maximum Gasteiger partial charge on any atom is 0.0760 e. The zero-order valence-corrected chi connectivity index (χ0v) is 11.3. The Balaban J connectivity index is 2.28. The minimum absolute atomic E-state index is 0.514. The quantitative estimate of drug-likeness (QED) is 0.866. The maximum atomic E-state index is 4.93. The van der Waals surface area contributed by atoms with Crippen molar-refractivity contribution >= 4 is 16.6 Å². The van der Waals surface area contributed by atoms with Gasteiger partial charge < -0.3 is 5.32 Å². The van der Waals surface area contributed by atoms with Crippen LogP contribution in [-0.4, -0.2) is 12.0 Å². The number of pyridine rings is 1. The molecule has 18 heavy (non-hydrogen) atoms. The number of fused-ring (bicyclic) bond motifs is 1. The van der Waals surface area contributed by atoms with Gasteiger partial charge in [0.2, 0.25) is 0 Å². The second kappa shape index (κ2) is 4.27. The number of nitrogens with zero attached hydrogens (tertiary/aromatic N) is 1. The molecule has 2 heteroatoms. The van der Waals surface area contributed by atoms with Crippen LogP contribution in [0.1, 0.15) is 49.8 Å². The van der Waals surface area contributed by atoms with Gasteiger partial charge in [0, 0.05) is 29.7 Å². The minimum Gasteiger partial charge on any atom is -0.388 e. The zero-order chi connectivity index (χ0) is 12.7. The topological polar surface area (TPSA) is 24.9 Å². The highest BCUT2D eigenvalue weighted by atomic mass is 14.8. The van der Waals surface area contributed by atoms with Crippen molar-refractivity contribution in [1.82, 2.24) is 4.98 Å². The molecular formula is C16H20N2. The Kier molecular flexibility index (Phi) is 2.73. The normalized spacial score (nSPS) is 15.3. The number of anilines is 1. The Morgan fingerprint density at radius 2 is 2.06 bits per heavy atom. The van der Waals surface area contributed by atoms with Crippen molar-refractivity contribution in [3.63, 3.8) is 0 Å². The number of rotatable bonds is 3. The van der Waals surface area contributed by atoms with Crippen LogP contribution in [0.5, 0.6) is 0 Å². The first-order valence-electron chi connectivity index (χ1n) is 6.82. The van der Waals surface area contributed by atoms with Crippen LogP contribution in [-0.2, 0) is 0 Å². The van der Waals surface area contributed by atoms with E-state index in [0.29, 0.717) is 11.8 Å². The van der Waals surface area contributed by atoms with Crippen molar-refractivity contribution in [2.45, 2.75) is 38.5 Å². The molecule has 94 valence electrons. The maximum absolute atomic E-state index is 4.93. The molecule has 0 saturated heterocycles. The molecule has 0 unspecified atom stereocenters. The van der Waals surface area contributed by atoms with Crippen LogP contribution in [0.15, 0.2) is 24.3 Å². The fourth-order valence-corrected chi connectivity index (χ4v) is 2.55. The van der Waals surface area contributed by atoms with Gasteiger partial charge in [0.05, 0.1) is 5.52 Å². The van der Waals surface area contributed by atoms with Crippen LogP contribution in [0.25, 0.3) is 10.9 Å². The van der Waals surface area contributed by atoms with Crippen molar-refractivity contribution in [2.75, 3.05) is 12.4 Å². The molecule has 1 aromatic carbocycles. The molecule has 1 aliphatic carbocycles. The van der Waals surface area contributed by atoms with Crippen LogP contribution in [0.3, 0.4) is 0 Å². The second-order valence-electron chi connectivity index (χ2n) is 5.52. The van der Waals surface area contributed by atoms with Gasteiger partial charge in [-0.15, -0.1) is 0 Å². The third kappa shape index (κ3) is 1.86. The molecule has 0 atom stereocenters. The number of para-hydroxylation sites is 1. The molecule has 2 aromatic rings. The molecule has 0 bridgehead atoms. The minimum atomic E-state index is 0.514. The van der Waals surface area contributed by atoms with Crippen molar-refractivity contribution in [3.8, 4) is 0 Å². The average molecular weight is 240 g/mol. The fourth-order valence-electron chi connectivity index (χ4n) is 2.55. The predicted octanol–water partition coefficient (Wildman–Crippen LogP) is 4.28. The molecule has 0 spiro atoms. The van der Waals surface area contributed by atoms with Gasteiger partial charge in [-0.25, -0.2) is 0 Å². The van der Waals surface area contributed by atoms with Crippen molar-refractivity contribution in [1.29, 1.82) is 0 Å². The number of hydrogen-bond acceptors (Lipinski definition) is 2. The zero-order valence-electron chi connectivity index (χ0n) is 11.3. The molecule has 0 aliphatic heterocycles. The fraction of sp³-hybridized carbons (Fsp3) is 0.438. The van der Waals surface area contributed by atoms with Crippen molar-refractivity contribution in [3.05, 3.63) is 35.5 Å². The average Bonchev–Trinajstić information content (AvgIpc) is 3.20. The predicted molar refractivity (Wildman–Crippen MR) is 77.4 cm³/mol. The third-order valence-corrected chi connectivity index (χ3v) is 3.78. The van der Waals surface area contributed by atoms with E-state index in [-0.39, 0.29) is 0 Å². The summed E-state index contributed by atoms with van der Waals surface area (Å²) in [6.07, 6.45) is 2.59. The first-order valence-corrected chi connectivity index (χ1v) is 6.82. The third-order valence-electron chi connectivity index (χ3n) is 3.78. The molecule has 1 fully saturated rings. The lowest BCUT2D eigenvalue weighted by atomic mass is 9.98. The molecule has 1 N–H and O–H groups in total. The second-order valence-corrected chi connectivity index (χ2v) is 5.52. The van der Waals surface area contributed by atoms with E-state index in [9.17, 15) is 0 Å². The Morgan fingerprint density at radius 1 is 1.28 bits per heavy atom. The summed E-state index contributed by atoms with van der Waals surface area (Å²) in [5.74, 6) is 1.21. The lowest BCUT2D eigenvalue weighted by molar-refractivity contribution is 0.870. The summed E-state index contributed by atoms with van der Waals surface area (Å²) in [6, 6.07) is 8.73. The molecule has 2 nitrogen and oxygen atoms in total. The molecule has 1 aromatic heterocycles. The van der Waals surface area contributed by atoms with Crippen molar-refractivity contribution in [2.24, 2.45) is 0 Å². The molecule has 0 radical (unpaired) electrons. The molecule has 1 heterocycles. The number of aromatic nitrogens is 1. The lowest BCUT2D eigenvalue weighted by Gasteiger charge is -2.14. The van der Waals surface area contributed by atoms with Gasteiger partial charge in [0.1, 0.15) is 0 Å². The highest BCUT2D eigenvalue weighted by Gasteiger charge is 2.26. The Hall–Kier alpha value is -1.57. The van der Waals surface area contributed by atoms with E-state index in [1.807, 2.05) is 7.05 Å². The monoisotopic (exact) mass is 240 g/mol. The van der Waals surface area contributed by atoms with E-state index in [2.05, 4.69) is 43.4 Å². The van der Waals surface area contributed by atoms with Gasteiger partial charge in [-0.3, -0.25) is 4.98 Å². The van der Waals surface area contributed by atoms with Crippen LogP contribution in [0.2, 0.25) is 0 Å². The van der Waals surface area contributed by atoms with Crippen LogP contribution >= 0.6 is 0 Å². The van der Waals surface area contributed by atoms with E-state index in [1.54, 1.807) is 0 Å². The smallest absolute Gasteiger partial charge is 0.0760 e. The summed E-state index contributed by atoms with van der Waals surface area (Å²) in [5.41, 5.74) is 5.01. The van der Waals surface area contributed by atoms with Crippen molar-refractivity contribution < 1.29 is 0 Å². The number of benzene rings is 1. The van der Waals surface area contributed by atoms with Gasteiger partial charge in [-0.1, -0.05) is 32.0 Å². The molecule has 3 rings (SSSR count). The summed E-state index contributed by atoms with van der Waals surface area (Å²) >= 11 is 0. The van der Waals surface area contributed by atoms with Gasteiger partial charge in [-0.2, -0.15) is 0 Å². The van der Waals surface area contributed by atoms with Crippen LogP contribution in [0.4, 0.5) is 5.69 Å². The summed E-state index contributed by atoms with van der Waals surface area (Å²) in [7, 11) is 1.99. The molecular weight excluding hydrogens is 220 g/mol. The Labute approximate surface area is 108 Å². The van der Waals surface area contributed by atoms with E-state index >= 15 is 0 Å². The van der Waals surface area contributed by atoms with Crippen LogP contribution < -0.4 is 5.32 Å². The number of nitrogens with one attached hydrogen (secondary N) is 1. The number of hydrogen-bond donors (Lipinski definition) is 1. The Bertz CT molecular complexity index is 583. The SMILES string of the molecule is CNc1cc(C2CC2)nc2c(C(C)C)cccc12. The highest BCUT2D eigenvalue weighted by molar-refractivity contribution is 5.93. The van der Waals surface area contributed by atoms with E-state index in [0.717, 1.165) is 0 Å². The van der Waals surface area contributed by atoms with Gasteiger partial charge in [0.25, 0.3) is 0 Å². The van der Waals surface area contributed by atoms with Gasteiger partial charge >= 0.3 is 0 Å². The summed E-state index contributed by atoms with van der Waals surface area (Å²) in [6.45, 7) is 4.47.